The van der Waals surface area contributed by atoms with Gasteiger partial charge in [-0.1, -0.05) is 76.2 Å². The second kappa shape index (κ2) is 20.1. The van der Waals surface area contributed by atoms with E-state index in [4.69, 9.17) is 37.9 Å². The second-order valence-electron chi connectivity index (χ2n) is 20.6. The number of carbonyl (C=O) groups excluding carboxylic acids is 7. The Balaban J connectivity index is 1.55. The van der Waals surface area contributed by atoms with Crippen LogP contribution >= 0.6 is 0 Å². The highest BCUT2D eigenvalue weighted by Crippen LogP contribution is 2.65. The average Bonchev–Trinajstić information content (AvgIpc) is 3.27. The molecule has 4 aliphatic rings. The first kappa shape index (κ1) is 52.9. The molecule has 0 unspecified atom stereocenters. The lowest BCUT2D eigenvalue weighted by molar-refractivity contribution is -0.347. The Kier molecular flexibility index (Phi) is 15.4. The first-order valence-electron chi connectivity index (χ1n) is 23.3. The quantitative estimate of drug-likeness (QED) is 0.116. The standard InChI is InChI=1S/C52H67NO16/c1-28(2)33(55)23-24-37(56)66-41(39(31-19-15-13-16-20-31)53-47(60)69-48(5,6)7)46(59)65-34-26-52(61)44(67-45(58)32-21-17-14-18-22-32)42-50(10,43(57)40(63-12)38(29(34)3)49(52,8)9)35(62-11)25-36-51(42,27-64-36)68-30(4)54/h13-22,28,34-36,39-42,44,61H,23-27H2,1-12H3,(H,53,60)/t34-,35-,36+,39-,40+,41+,42-,44-,50+,51-,52+/m0/s1. The zero-order valence-corrected chi connectivity index (χ0v) is 41.6. The second-order valence-corrected chi connectivity index (χ2v) is 20.6. The maximum atomic E-state index is 15.8. The van der Waals surface area contributed by atoms with Crippen LogP contribution in [0, 0.1) is 22.7 Å². The molecular weight excluding hydrogens is 895 g/mol. The highest BCUT2D eigenvalue weighted by Gasteiger charge is 2.78. The van der Waals surface area contributed by atoms with Gasteiger partial charge in [-0.3, -0.25) is 19.2 Å². The van der Waals surface area contributed by atoms with Crippen molar-refractivity contribution in [2.45, 2.75) is 154 Å². The highest BCUT2D eigenvalue weighted by molar-refractivity contribution is 5.94. The van der Waals surface area contributed by atoms with Crippen LogP contribution in [0.2, 0.25) is 0 Å². The predicted octanol–water partition coefficient (Wildman–Crippen LogP) is 6.12. The van der Waals surface area contributed by atoms with Crippen molar-refractivity contribution in [1.82, 2.24) is 5.32 Å². The Morgan fingerprint density at radius 2 is 1.52 bits per heavy atom. The lowest BCUT2D eigenvalue weighted by Gasteiger charge is -2.67. The molecule has 17 heteroatoms. The minimum atomic E-state index is -2.31. The molecule has 2 saturated carbocycles. The normalized spacial score (nSPS) is 30.1. The molecule has 1 saturated heterocycles. The van der Waals surface area contributed by atoms with E-state index in [1.54, 1.807) is 111 Å². The third kappa shape index (κ3) is 9.97. The van der Waals surface area contributed by atoms with E-state index >= 15 is 9.59 Å². The topological polar surface area (TPSA) is 226 Å². The highest BCUT2D eigenvalue weighted by atomic mass is 16.6. The zero-order chi connectivity index (χ0) is 51.0. The van der Waals surface area contributed by atoms with Gasteiger partial charge in [-0.05, 0) is 63.5 Å². The summed E-state index contributed by atoms with van der Waals surface area (Å²) in [5, 5.41) is 16.6. The fourth-order valence-electron chi connectivity index (χ4n) is 10.9. The minimum Gasteiger partial charge on any atom is -0.455 e. The monoisotopic (exact) mass is 961 g/mol. The lowest BCUT2D eigenvalue weighted by atomic mass is 9.44. The van der Waals surface area contributed by atoms with Gasteiger partial charge in [0.15, 0.2) is 11.4 Å². The molecule has 2 aromatic carbocycles. The number of fused-ring (bicyclic) bond motifs is 5. The van der Waals surface area contributed by atoms with Crippen LogP contribution in [0.4, 0.5) is 4.79 Å². The number of rotatable bonds is 15. The number of carbonyl (C=O) groups is 7. The summed E-state index contributed by atoms with van der Waals surface area (Å²) in [7, 11) is 2.75. The van der Waals surface area contributed by atoms with E-state index in [9.17, 15) is 29.1 Å². The number of alkyl carbamates (subject to hydrolysis) is 1. The molecule has 376 valence electrons. The number of esters is 4. The van der Waals surface area contributed by atoms with Gasteiger partial charge >= 0.3 is 30.0 Å². The molecule has 3 fully saturated rings. The number of ether oxygens (including phenoxy) is 8. The molecule has 2 N–H and O–H groups in total. The summed E-state index contributed by atoms with van der Waals surface area (Å²) in [5.74, 6) is -6.24. The molecule has 11 atom stereocenters. The zero-order valence-electron chi connectivity index (χ0n) is 41.6. The van der Waals surface area contributed by atoms with E-state index in [0.717, 1.165) is 0 Å². The van der Waals surface area contributed by atoms with Crippen LogP contribution in [0.3, 0.4) is 0 Å². The van der Waals surface area contributed by atoms with Crippen LogP contribution in [0.1, 0.15) is 117 Å². The largest absolute Gasteiger partial charge is 0.455 e. The van der Waals surface area contributed by atoms with Crippen molar-refractivity contribution in [3.05, 3.63) is 82.9 Å². The molecular formula is C52H67NO16. The fraction of sp³-hybridized carbons (Fsp3) is 0.596. The summed E-state index contributed by atoms with van der Waals surface area (Å²) >= 11 is 0. The van der Waals surface area contributed by atoms with Crippen molar-refractivity contribution in [3.63, 3.8) is 0 Å². The van der Waals surface area contributed by atoms with Gasteiger partial charge in [0, 0.05) is 51.7 Å². The molecule has 6 rings (SSSR count). The number of amides is 1. The number of nitrogens with one attached hydrogen (secondary N) is 1. The Hall–Kier alpha value is -5.49. The first-order valence-corrected chi connectivity index (χ1v) is 23.3. The predicted molar refractivity (Wildman–Crippen MR) is 246 cm³/mol. The summed E-state index contributed by atoms with van der Waals surface area (Å²) in [5.41, 5.74) is -7.26. The molecule has 0 spiro atoms. The van der Waals surface area contributed by atoms with Crippen LogP contribution in [-0.4, -0.2) is 121 Å². The van der Waals surface area contributed by atoms with E-state index in [1.807, 2.05) is 0 Å². The van der Waals surface area contributed by atoms with Gasteiger partial charge in [0.2, 0.25) is 6.10 Å². The van der Waals surface area contributed by atoms with Gasteiger partial charge in [0.25, 0.3) is 0 Å². The van der Waals surface area contributed by atoms with Gasteiger partial charge in [-0.15, -0.1) is 0 Å². The number of ketones is 2. The Morgan fingerprint density at radius 1 is 0.899 bits per heavy atom. The molecule has 0 aromatic heterocycles. The van der Waals surface area contributed by atoms with Gasteiger partial charge in [0.05, 0.1) is 36.0 Å². The minimum absolute atomic E-state index is 0.0873. The van der Waals surface area contributed by atoms with Gasteiger partial charge < -0.3 is 48.3 Å². The van der Waals surface area contributed by atoms with E-state index in [-0.39, 0.29) is 42.3 Å². The van der Waals surface area contributed by atoms with E-state index in [2.05, 4.69) is 5.32 Å². The van der Waals surface area contributed by atoms with E-state index in [1.165, 1.54) is 33.3 Å². The number of hydrogen-bond donors (Lipinski definition) is 2. The van der Waals surface area contributed by atoms with Crippen LogP contribution in [0.15, 0.2) is 71.8 Å². The molecule has 2 bridgehead atoms. The Bertz CT molecular complexity index is 2320. The summed E-state index contributed by atoms with van der Waals surface area (Å²) in [6.45, 7) is 15.9. The number of methoxy groups -OCH3 is 2. The average molecular weight is 962 g/mol. The summed E-state index contributed by atoms with van der Waals surface area (Å²) in [6.07, 6.45) is -10.3. The van der Waals surface area contributed by atoms with Crippen molar-refractivity contribution in [2.24, 2.45) is 22.7 Å². The van der Waals surface area contributed by atoms with Crippen LogP contribution in [-0.2, 0) is 61.9 Å². The summed E-state index contributed by atoms with van der Waals surface area (Å²) in [4.78, 5) is 98.4. The molecule has 2 aromatic rings. The van der Waals surface area contributed by atoms with E-state index < -0.39 is 125 Å². The third-order valence-electron chi connectivity index (χ3n) is 14.5. The van der Waals surface area contributed by atoms with Crippen molar-refractivity contribution < 1.29 is 76.6 Å². The summed E-state index contributed by atoms with van der Waals surface area (Å²) < 4.78 is 48.9. The van der Waals surface area contributed by atoms with Crippen molar-refractivity contribution in [3.8, 4) is 0 Å². The molecule has 0 radical (unpaired) electrons. The number of Topliss-reactive ketones (excluding diaryl/α,β-unsaturated/α-hetero) is 2. The molecule has 1 heterocycles. The molecule has 1 aliphatic heterocycles. The van der Waals surface area contributed by atoms with Crippen LogP contribution in [0.5, 0.6) is 0 Å². The molecule has 17 nitrogen and oxygen atoms in total. The molecule has 1 amide bonds. The maximum absolute atomic E-state index is 15.8. The van der Waals surface area contributed by atoms with Gasteiger partial charge in [-0.25, -0.2) is 14.4 Å². The van der Waals surface area contributed by atoms with Crippen LogP contribution < -0.4 is 5.32 Å². The fourth-order valence-corrected chi connectivity index (χ4v) is 10.9. The number of benzene rings is 2. The third-order valence-corrected chi connectivity index (χ3v) is 14.5. The first-order chi connectivity index (χ1) is 32.3. The van der Waals surface area contributed by atoms with Crippen molar-refractivity contribution >= 4 is 41.5 Å². The van der Waals surface area contributed by atoms with Crippen molar-refractivity contribution in [1.29, 1.82) is 0 Å². The molecule has 69 heavy (non-hydrogen) atoms. The van der Waals surface area contributed by atoms with Crippen molar-refractivity contribution in [2.75, 3.05) is 20.8 Å². The summed E-state index contributed by atoms with van der Waals surface area (Å²) in [6, 6.07) is 14.8. The molecule has 3 aliphatic carbocycles. The van der Waals surface area contributed by atoms with Crippen LogP contribution in [0.25, 0.3) is 0 Å². The SMILES string of the molecule is CO[C@H]1C(=O)[C@]2(C)[C@@H](OC)C[C@H]3OC[C@@]3(OC(C)=O)[C@H]2[C@H](OC(=O)c2ccccc2)[C@]2(O)C[C@H](OC(=O)[C@H](OC(=O)CCC(=O)C(C)C)[C@@H](NC(=O)OC(C)(C)C)c3ccccc3)C(C)=C1C2(C)C. The number of aliphatic hydroxyl groups is 1. The maximum Gasteiger partial charge on any atom is 0.408 e. The van der Waals surface area contributed by atoms with Gasteiger partial charge in [-0.2, -0.15) is 0 Å². The number of hydrogen-bond acceptors (Lipinski definition) is 16. The van der Waals surface area contributed by atoms with Gasteiger partial charge in [0.1, 0.15) is 47.4 Å². The Labute approximate surface area is 403 Å². The lowest BCUT2D eigenvalue weighted by Crippen LogP contribution is -2.82. The van der Waals surface area contributed by atoms with E-state index in [0.29, 0.717) is 11.1 Å². The Morgan fingerprint density at radius 3 is 2.06 bits per heavy atom. The smallest absolute Gasteiger partial charge is 0.408 e.